The number of hydrogen-bond acceptors (Lipinski definition) is 3. The Morgan fingerprint density at radius 1 is 1.19 bits per heavy atom. The van der Waals surface area contributed by atoms with Crippen molar-refractivity contribution in [1.29, 1.82) is 0 Å². The van der Waals surface area contributed by atoms with Crippen LogP contribution in [-0.2, 0) is 17.6 Å². The Kier molecular flexibility index (Phi) is 5.32. The quantitative estimate of drug-likeness (QED) is 0.633. The number of ether oxygens (including phenoxy) is 1. The summed E-state index contributed by atoms with van der Waals surface area (Å²) in [6.07, 6.45) is -4.71. The molecule has 10 heteroatoms. The van der Waals surface area contributed by atoms with E-state index < -0.39 is 17.9 Å². The highest BCUT2D eigenvalue weighted by atomic mass is 35.5. The maximum Gasteiger partial charge on any atom is 0.449 e. The minimum absolute atomic E-state index is 0.0520. The lowest BCUT2D eigenvalue weighted by Crippen LogP contribution is -2.15. The Balaban J connectivity index is 2.11. The van der Waals surface area contributed by atoms with Gasteiger partial charge in [0.25, 0.3) is 5.91 Å². The van der Waals surface area contributed by atoms with Crippen molar-refractivity contribution in [2.24, 2.45) is 0 Å². The summed E-state index contributed by atoms with van der Waals surface area (Å²) in [7, 11) is 1.27. The fraction of sp³-hybridized carbons (Fsp3) is 0.176. The van der Waals surface area contributed by atoms with Gasteiger partial charge in [0.15, 0.2) is 0 Å². The van der Waals surface area contributed by atoms with Crippen LogP contribution >= 0.6 is 23.2 Å². The summed E-state index contributed by atoms with van der Waals surface area (Å²) in [5, 5.41) is 2.92. The molecule has 0 saturated heterocycles. The monoisotopic (exact) mass is 417 g/mol. The van der Waals surface area contributed by atoms with Crippen LogP contribution in [0.3, 0.4) is 0 Å². The standard InChI is InChI=1S/C17H12Cl2F3N3O2/c1-27-8-25-12-7-2-4-9(13(12)24-16(25)17(20,21)22)15(26)23-14-10(18)5-3-6-11(14)19/h2-7H,8H2,1H3,(H,23,26). The molecule has 0 aliphatic rings. The number of fused-ring (bicyclic) bond motifs is 1. The van der Waals surface area contributed by atoms with Crippen LogP contribution < -0.4 is 5.32 Å². The fourth-order valence-electron chi connectivity index (χ4n) is 2.60. The smallest absolute Gasteiger partial charge is 0.364 e. The number of halogens is 5. The van der Waals surface area contributed by atoms with Crippen molar-refractivity contribution in [3.05, 3.63) is 57.8 Å². The molecule has 2 aromatic carbocycles. The van der Waals surface area contributed by atoms with Crippen LogP contribution in [0.2, 0.25) is 10.0 Å². The molecule has 1 aromatic heterocycles. The summed E-state index contributed by atoms with van der Waals surface area (Å²) in [5.74, 6) is -1.85. The lowest BCUT2D eigenvalue weighted by atomic mass is 10.1. The van der Waals surface area contributed by atoms with E-state index in [0.717, 1.165) is 4.57 Å². The largest absolute Gasteiger partial charge is 0.449 e. The van der Waals surface area contributed by atoms with Gasteiger partial charge in [0.2, 0.25) is 5.82 Å². The minimum atomic E-state index is -4.71. The number of amides is 1. The van der Waals surface area contributed by atoms with Gasteiger partial charge in [-0.2, -0.15) is 13.2 Å². The highest BCUT2D eigenvalue weighted by Crippen LogP contribution is 2.34. The summed E-state index contributed by atoms with van der Waals surface area (Å²) >= 11 is 12.1. The average molecular weight is 418 g/mol. The van der Waals surface area contributed by atoms with Gasteiger partial charge in [0, 0.05) is 7.11 Å². The summed E-state index contributed by atoms with van der Waals surface area (Å²) in [6.45, 7) is -0.368. The van der Waals surface area contributed by atoms with E-state index >= 15 is 0 Å². The molecule has 142 valence electrons. The van der Waals surface area contributed by atoms with Gasteiger partial charge in [-0.25, -0.2) is 4.98 Å². The number of aromatic nitrogens is 2. The second-order valence-electron chi connectivity index (χ2n) is 5.50. The Morgan fingerprint density at radius 2 is 1.81 bits per heavy atom. The van der Waals surface area contributed by atoms with E-state index in [0.29, 0.717) is 0 Å². The molecule has 1 amide bonds. The number of methoxy groups -OCH3 is 1. The predicted octanol–water partition coefficient (Wildman–Crippen LogP) is 5.22. The fourth-order valence-corrected chi connectivity index (χ4v) is 3.10. The van der Waals surface area contributed by atoms with Crippen LogP contribution in [0, 0.1) is 0 Å². The molecule has 0 bridgehead atoms. The molecule has 1 N–H and O–H groups in total. The van der Waals surface area contributed by atoms with Crippen molar-refractivity contribution in [2.45, 2.75) is 12.9 Å². The number of benzene rings is 2. The van der Waals surface area contributed by atoms with Gasteiger partial charge in [0.1, 0.15) is 12.2 Å². The molecule has 0 saturated carbocycles. The van der Waals surface area contributed by atoms with Gasteiger partial charge in [-0.05, 0) is 24.3 Å². The number of para-hydroxylation sites is 2. The van der Waals surface area contributed by atoms with Crippen molar-refractivity contribution in [1.82, 2.24) is 9.55 Å². The van der Waals surface area contributed by atoms with Crippen LogP contribution in [0.15, 0.2) is 36.4 Å². The van der Waals surface area contributed by atoms with E-state index in [1.54, 1.807) is 6.07 Å². The minimum Gasteiger partial charge on any atom is -0.364 e. The molecular formula is C17H12Cl2F3N3O2. The summed E-state index contributed by atoms with van der Waals surface area (Å²) in [5.41, 5.74) is 0.115. The number of carbonyl (C=O) groups excluding carboxylic acids is 1. The van der Waals surface area contributed by atoms with Gasteiger partial charge in [0.05, 0.1) is 26.8 Å². The highest BCUT2D eigenvalue weighted by Gasteiger charge is 2.38. The van der Waals surface area contributed by atoms with Gasteiger partial charge < -0.3 is 10.1 Å². The maximum atomic E-state index is 13.3. The normalized spacial score (nSPS) is 11.8. The summed E-state index contributed by atoms with van der Waals surface area (Å²) < 4.78 is 45.7. The first-order valence-corrected chi connectivity index (χ1v) is 8.30. The molecule has 0 spiro atoms. The van der Waals surface area contributed by atoms with Crippen LogP contribution in [0.5, 0.6) is 0 Å². The second-order valence-corrected chi connectivity index (χ2v) is 6.32. The third-order valence-electron chi connectivity index (χ3n) is 3.74. The number of anilines is 1. The van der Waals surface area contributed by atoms with E-state index in [1.165, 1.54) is 37.4 Å². The van der Waals surface area contributed by atoms with Crippen LogP contribution in [0.4, 0.5) is 18.9 Å². The van der Waals surface area contributed by atoms with E-state index in [9.17, 15) is 18.0 Å². The van der Waals surface area contributed by atoms with Crippen molar-refractivity contribution in [2.75, 3.05) is 12.4 Å². The number of hydrogen-bond donors (Lipinski definition) is 1. The molecular weight excluding hydrogens is 406 g/mol. The Labute approximate surface area is 161 Å². The Hall–Kier alpha value is -2.29. The zero-order valence-electron chi connectivity index (χ0n) is 13.8. The molecule has 0 aliphatic heterocycles. The number of nitrogens with zero attached hydrogens (tertiary/aromatic N) is 2. The number of carbonyl (C=O) groups is 1. The molecule has 5 nitrogen and oxygen atoms in total. The maximum absolute atomic E-state index is 13.3. The molecule has 27 heavy (non-hydrogen) atoms. The van der Waals surface area contributed by atoms with E-state index in [1.807, 2.05) is 0 Å². The van der Waals surface area contributed by atoms with Crippen molar-refractivity contribution in [3.63, 3.8) is 0 Å². The molecule has 0 fully saturated rings. The average Bonchev–Trinajstić information content (AvgIpc) is 2.97. The molecule has 0 atom stereocenters. The topological polar surface area (TPSA) is 56.2 Å². The van der Waals surface area contributed by atoms with Crippen molar-refractivity contribution in [3.8, 4) is 0 Å². The number of rotatable bonds is 4. The van der Waals surface area contributed by atoms with E-state index in [-0.39, 0.29) is 39.1 Å². The first-order valence-electron chi connectivity index (χ1n) is 7.54. The zero-order valence-corrected chi connectivity index (χ0v) is 15.3. The number of nitrogens with one attached hydrogen (secondary N) is 1. The summed E-state index contributed by atoms with van der Waals surface area (Å²) in [6, 6.07) is 8.91. The third kappa shape index (κ3) is 3.73. The second kappa shape index (κ2) is 7.38. The predicted molar refractivity (Wildman–Crippen MR) is 96.2 cm³/mol. The SMILES string of the molecule is COCn1c(C(F)(F)F)nc2c(C(=O)Nc3c(Cl)cccc3Cl)cccc21. The first-order chi connectivity index (χ1) is 12.7. The Morgan fingerprint density at radius 3 is 2.41 bits per heavy atom. The molecule has 3 rings (SSSR count). The zero-order chi connectivity index (χ0) is 19.8. The number of alkyl halides is 3. The van der Waals surface area contributed by atoms with Crippen molar-refractivity contribution >= 4 is 45.8 Å². The van der Waals surface area contributed by atoms with Gasteiger partial charge >= 0.3 is 6.18 Å². The van der Waals surface area contributed by atoms with Crippen molar-refractivity contribution < 1.29 is 22.7 Å². The van der Waals surface area contributed by atoms with E-state index in [4.69, 9.17) is 27.9 Å². The highest BCUT2D eigenvalue weighted by molar-refractivity contribution is 6.40. The lowest BCUT2D eigenvalue weighted by molar-refractivity contribution is -0.148. The molecule has 0 unspecified atom stereocenters. The molecule has 3 aromatic rings. The molecule has 1 heterocycles. The van der Waals surface area contributed by atoms with Gasteiger partial charge in [-0.15, -0.1) is 0 Å². The van der Waals surface area contributed by atoms with Gasteiger partial charge in [-0.3, -0.25) is 9.36 Å². The van der Waals surface area contributed by atoms with Crippen LogP contribution in [0.1, 0.15) is 16.2 Å². The van der Waals surface area contributed by atoms with Crippen LogP contribution in [-0.4, -0.2) is 22.6 Å². The van der Waals surface area contributed by atoms with Gasteiger partial charge in [-0.1, -0.05) is 35.3 Å². The summed E-state index contributed by atoms with van der Waals surface area (Å²) in [4.78, 5) is 16.3. The first kappa shape index (κ1) is 19.5. The molecule has 0 aliphatic carbocycles. The lowest BCUT2D eigenvalue weighted by Gasteiger charge is -2.10. The number of imidazole rings is 1. The Bertz CT molecular complexity index is 998. The molecule has 0 radical (unpaired) electrons. The third-order valence-corrected chi connectivity index (χ3v) is 4.37. The van der Waals surface area contributed by atoms with E-state index in [2.05, 4.69) is 10.3 Å². The van der Waals surface area contributed by atoms with Crippen LogP contribution in [0.25, 0.3) is 11.0 Å².